The Kier molecular flexibility index (Phi) is 3.78. The molecule has 110 valence electrons. The highest BCUT2D eigenvalue weighted by molar-refractivity contribution is 5.94. The van der Waals surface area contributed by atoms with Crippen LogP contribution in [-0.2, 0) is 11.2 Å². The molecule has 4 nitrogen and oxygen atoms in total. The van der Waals surface area contributed by atoms with Crippen LogP contribution in [0.4, 0.5) is 5.69 Å². The molecule has 0 spiro atoms. The molecule has 1 atom stereocenters. The molecule has 0 bridgehead atoms. The highest BCUT2D eigenvalue weighted by Crippen LogP contribution is 2.32. The summed E-state index contributed by atoms with van der Waals surface area (Å²) in [4.78, 5) is 17.9. The van der Waals surface area contributed by atoms with Crippen LogP contribution < -0.4 is 4.90 Å². The zero-order chi connectivity index (χ0) is 14.8. The third kappa shape index (κ3) is 2.58. The number of aliphatic carboxylic acids is 1. The second-order valence-electron chi connectivity index (χ2n) is 5.62. The minimum atomic E-state index is -0.734. The average Bonchev–Trinajstić information content (AvgIpc) is 2.96. The smallest absolute Gasteiger partial charge is 0.326 e. The Labute approximate surface area is 124 Å². The summed E-state index contributed by atoms with van der Waals surface area (Å²) >= 11 is 0. The van der Waals surface area contributed by atoms with E-state index in [0.29, 0.717) is 6.42 Å². The molecule has 0 unspecified atom stereocenters. The molecule has 1 aliphatic rings. The Balaban J connectivity index is 2.08. The van der Waals surface area contributed by atoms with Crippen LogP contribution in [0.1, 0.15) is 31.7 Å². The maximum atomic E-state index is 11.4. The molecule has 1 fully saturated rings. The molecule has 1 aromatic carbocycles. The van der Waals surface area contributed by atoms with E-state index >= 15 is 0 Å². The number of hydrogen-bond donors (Lipinski definition) is 1. The predicted molar refractivity (Wildman–Crippen MR) is 83.7 cm³/mol. The third-order valence-electron chi connectivity index (χ3n) is 4.17. The Hall–Kier alpha value is -2.10. The number of carboxylic acids is 1. The number of rotatable bonds is 4. The maximum Gasteiger partial charge on any atom is 0.326 e. The van der Waals surface area contributed by atoms with Crippen molar-refractivity contribution in [2.45, 2.75) is 38.6 Å². The van der Waals surface area contributed by atoms with E-state index in [1.54, 1.807) is 6.20 Å². The number of aromatic nitrogens is 1. The highest BCUT2D eigenvalue weighted by atomic mass is 16.4. The van der Waals surface area contributed by atoms with Crippen LogP contribution >= 0.6 is 0 Å². The van der Waals surface area contributed by atoms with Gasteiger partial charge in [0.1, 0.15) is 6.04 Å². The van der Waals surface area contributed by atoms with Gasteiger partial charge in [0.05, 0.1) is 5.52 Å². The number of carboxylic acid groups (broad SMARTS) is 1. The Morgan fingerprint density at radius 2 is 2.29 bits per heavy atom. The third-order valence-corrected chi connectivity index (χ3v) is 4.17. The Morgan fingerprint density at radius 1 is 1.43 bits per heavy atom. The van der Waals surface area contributed by atoms with Crippen molar-refractivity contribution in [3.8, 4) is 0 Å². The normalized spacial score (nSPS) is 18.3. The van der Waals surface area contributed by atoms with E-state index in [2.05, 4.69) is 24.0 Å². The lowest BCUT2D eigenvalue weighted by Crippen LogP contribution is -2.36. The lowest BCUT2D eigenvalue weighted by Gasteiger charge is -2.25. The van der Waals surface area contributed by atoms with Gasteiger partial charge >= 0.3 is 5.97 Å². The number of benzene rings is 1. The molecule has 1 aliphatic heterocycles. The van der Waals surface area contributed by atoms with Crippen LogP contribution in [0.3, 0.4) is 0 Å². The number of anilines is 1. The molecule has 4 heteroatoms. The molecular weight excluding hydrogens is 264 g/mol. The summed E-state index contributed by atoms with van der Waals surface area (Å²) in [6, 6.07) is 7.85. The summed E-state index contributed by atoms with van der Waals surface area (Å²) in [6.07, 6.45) is 5.55. The molecule has 3 rings (SSSR count). The molecule has 1 aromatic heterocycles. The summed E-state index contributed by atoms with van der Waals surface area (Å²) in [5.74, 6) is -0.734. The Morgan fingerprint density at radius 3 is 3.05 bits per heavy atom. The summed E-state index contributed by atoms with van der Waals surface area (Å²) in [6.45, 7) is 2.96. The SMILES string of the molecule is CCCc1ccc2nccc(N3CCC[C@@H]3C(=O)O)c2c1. The van der Waals surface area contributed by atoms with Crippen LogP contribution in [0.25, 0.3) is 10.9 Å². The predicted octanol–water partition coefficient (Wildman–Crippen LogP) is 3.24. The molecule has 1 saturated heterocycles. The minimum Gasteiger partial charge on any atom is -0.480 e. The second-order valence-corrected chi connectivity index (χ2v) is 5.62. The van der Waals surface area contributed by atoms with E-state index in [1.807, 2.05) is 17.0 Å². The van der Waals surface area contributed by atoms with Crippen LogP contribution in [0.2, 0.25) is 0 Å². The van der Waals surface area contributed by atoms with Gasteiger partial charge in [0.25, 0.3) is 0 Å². The van der Waals surface area contributed by atoms with Crippen molar-refractivity contribution in [1.82, 2.24) is 4.98 Å². The summed E-state index contributed by atoms with van der Waals surface area (Å²) in [7, 11) is 0. The fourth-order valence-corrected chi connectivity index (χ4v) is 3.19. The molecule has 0 aliphatic carbocycles. The van der Waals surface area contributed by atoms with Crippen LogP contribution in [0, 0.1) is 0 Å². The van der Waals surface area contributed by atoms with Gasteiger partial charge in [-0.15, -0.1) is 0 Å². The molecule has 0 radical (unpaired) electrons. The fraction of sp³-hybridized carbons (Fsp3) is 0.412. The minimum absolute atomic E-state index is 0.412. The van der Waals surface area contributed by atoms with Crippen LogP contribution in [0.5, 0.6) is 0 Å². The summed E-state index contributed by atoms with van der Waals surface area (Å²) in [5, 5.41) is 10.5. The fourth-order valence-electron chi connectivity index (χ4n) is 3.19. The lowest BCUT2D eigenvalue weighted by atomic mass is 10.1. The van der Waals surface area contributed by atoms with Crippen molar-refractivity contribution < 1.29 is 9.90 Å². The van der Waals surface area contributed by atoms with E-state index < -0.39 is 12.0 Å². The molecule has 1 N–H and O–H groups in total. The number of fused-ring (bicyclic) bond motifs is 1. The maximum absolute atomic E-state index is 11.4. The first-order valence-electron chi connectivity index (χ1n) is 7.58. The van der Waals surface area contributed by atoms with Gasteiger partial charge in [-0.25, -0.2) is 4.79 Å². The lowest BCUT2D eigenvalue weighted by molar-refractivity contribution is -0.138. The summed E-state index contributed by atoms with van der Waals surface area (Å²) < 4.78 is 0. The monoisotopic (exact) mass is 284 g/mol. The quantitative estimate of drug-likeness (QED) is 0.936. The molecule has 2 aromatic rings. The molecule has 0 saturated carbocycles. The van der Waals surface area contributed by atoms with Crippen molar-refractivity contribution in [1.29, 1.82) is 0 Å². The van der Waals surface area contributed by atoms with Crippen molar-refractivity contribution in [2.75, 3.05) is 11.4 Å². The first kappa shape index (κ1) is 13.9. The second kappa shape index (κ2) is 5.72. The van der Waals surface area contributed by atoms with Gasteiger partial charge in [-0.2, -0.15) is 0 Å². The van der Waals surface area contributed by atoms with E-state index in [1.165, 1.54) is 5.56 Å². The van der Waals surface area contributed by atoms with Crippen LogP contribution in [0.15, 0.2) is 30.5 Å². The van der Waals surface area contributed by atoms with Gasteiger partial charge < -0.3 is 10.0 Å². The zero-order valence-electron chi connectivity index (χ0n) is 12.2. The zero-order valence-corrected chi connectivity index (χ0v) is 12.2. The standard InChI is InChI=1S/C17H20N2O2/c1-2-4-12-6-7-14-13(11-12)15(8-9-18-14)19-10-3-5-16(19)17(20)21/h6-9,11,16H,2-5,10H2,1H3,(H,20,21)/t16-/m1/s1. The van der Waals surface area contributed by atoms with E-state index in [9.17, 15) is 9.90 Å². The molecule has 2 heterocycles. The number of pyridine rings is 1. The van der Waals surface area contributed by atoms with Crippen LogP contribution in [-0.4, -0.2) is 28.6 Å². The number of nitrogens with zero attached hydrogens (tertiary/aromatic N) is 2. The number of hydrogen-bond acceptors (Lipinski definition) is 3. The Bertz CT molecular complexity index is 669. The summed E-state index contributed by atoms with van der Waals surface area (Å²) in [5.41, 5.74) is 3.22. The van der Waals surface area contributed by atoms with E-state index in [0.717, 1.165) is 42.4 Å². The number of aryl methyl sites for hydroxylation is 1. The average molecular weight is 284 g/mol. The molecule has 21 heavy (non-hydrogen) atoms. The van der Waals surface area contributed by atoms with Crippen molar-refractivity contribution in [3.63, 3.8) is 0 Å². The van der Waals surface area contributed by atoms with E-state index in [4.69, 9.17) is 0 Å². The number of carbonyl (C=O) groups is 1. The first-order valence-corrected chi connectivity index (χ1v) is 7.58. The van der Waals surface area contributed by atoms with Gasteiger partial charge in [-0.3, -0.25) is 4.98 Å². The highest BCUT2D eigenvalue weighted by Gasteiger charge is 2.31. The molecule has 0 amide bonds. The van der Waals surface area contributed by atoms with Gasteiger partial charge in [0.2, 0.25) is 0 Å². The van der Waals surface area contributed by atoms with Crippen molar-refractivity contribution >= 4 is 22.6 Å². The van der Waals surface area contributed by atoms with Crippen molar-refractivity contribution in [2.24, 2.45) is 0 Å². The van der Waals surface area contributed by atoms with Gasteiger partial charge in [-0.05, 0) is 43.0 Å². The van der Waals surface area contributed by atoms with E-state index in [-0.39, 0.29) is 0 Å². The van der Waals surface area contributed by atoms with Gasteiger partial charge in [0.15, 0.2) is 0 Å². The van der Waals surface area contributed by atoms with Gasteiger partial charge in [0, 0.05) is 23.8 Å². The largest absolute Gasteiger partial charge is 0.480 e. The molecular formula is C17H20N2O2. The first-order chi connectivity index (χ1) is 10.2. The van der Waals surface area contributed by atoms with Gasteiger partial charge in [-0.1, -0.05) is 19.4 Å². The topological polar surface area (TPSA) is 53.4 Å². The van der Waals surface area contributed by atoms with Crippen molar-refractivity contribution in [3.05, 3.63) is 36.0 Å².